The molecule has 9 heteroatoms. The van der Waals surface area contributed by atoms with Gasteiger partial charge in [-0.1, -0.05) is 59.6 Å². The van der Waals surface area contributed by atoms with Gasteiger partial charge in [0.2, 0.25) is 23.6 Å². The second-order valence-electron chi connectivity index (χ2n) is 11.3. The van der Waals surface area contributed by atoms with Gasteiger partial charge < -0.3 is 5.11 Å². The number of carbonyl (C=O) groups is 4. The lowest BCUT2D eigenvalue weighted by molar-refractivity contribution is -0.131. The van der Waals surface area contributed by atoms with Crippen molar-refractivity contribution in [2.24, 2.45) is 29.1 Å². The molecule has 2 aliphatic heterocycles. The van der Waals surface area contributed by atoms with Crippen LogP contribution < -0.4 is 10.2 Å². The largest absolute Gasteiger partial charge is 0.507 e. The number of nitrogens with one attached hydrogen (secondary N) is 1. The molecule has 40 heavy (non-hydrogen) atoms. The zero-order chi connectivity index (χ0) is 28.1. The Hall–Kier alpha value is -4.04. The summed E-state index contributed by atoms with van der Waals surface area (Å²) in [4.78, 5) is 55.1. The van der Waals surface area contributed by atoms with Gasteiger partial charge in [-0.25, -0.2) is 9.29 Å². The standard InChI is InChI=1S/C31H24ClFN2O5/c1-31-21(29(39)35(30(31)40)15-7-11-23(33)22(32)12-15)13-20-17(9-10-18-24(20)28(38)34-27(18)37)25(31)19-8-6-14-4-2-3-5-16(14)26(19)36/h2-9,11-12,18,20-21,24-25,36H,10,13H2,1H3,(H,34,37,38). The highest BCUT2D eigenvalue weighted by Gasteiger charge is 2.67. The molecule has 2 saturated heterocycles. The molecule has 0 bridgehead atoms. The third kappa shape index (κ3) is 3.17. The smallest absolute Gasteiger partial charge is 0.241 e. The number of carbonyl (C=O) groups excluding carboxylic acids is 4. The molecule has 202 valence electrons. The van der Waals surface area contributed by atoms with Gasteiger partial charge in [0.1, 0.15) is 11.6 Å². The molecule has 3 aromatic carbocycles. The van der Waals surface area contributed by atoms with Crippen LogP contribution in [-0.2, 0) is 19.2 Å². The first-order chi connectivity index (χ1) is 19.1. The molecule has 6 atom stereocenters. The summed E-state index contributed by atoms with van der Waals surface area (Å²) < 4.78 is 14.0. The number of allylic oxidation sites excluding steroid dienone is 2. The minimum atomic E-state index is -1.33. The number of rotatable bonds is 2. The predicted octanol–water partition coefficient (Wildman–Crippen LogP) is 4.86. The van der Waals surface area contributed by atoms with Crippen LogP contribution in [0.1, 0.15) is 31.2 Å². The Labute approximate surface area is 233 Å². The van der Waals surface area contributed by atoms with E-state index in [-0.39, 0.29) is 34.7 Å². The van der Waals surface area contributed by atoms with Gasteiger partial charge in [-0.3, -0.25) is 24.5 Å². The fourth-order valence-corrected chi connectivity index (χ4v) is 7.82. The van der Waals surface area contributed by atoms with Crippen LogP contribution in [0.2, 0.25) is 5.02 Å². The summed E-state index contributed by atoms with van der Waals surface area (Å²) in [5.74, 6) is -5.65. The summed E-state index contributed by atoms with van der Waals surface area (Å²) in [5, 5.41) is 15.2. The number of benzene rings is 3. The number of nitrogens with zero attached hydrogens (tertiary/aromatic N) is 1. The molecule has 4 aliphatic rings. The normalized spacial score (nSPS) is 31.1. The van der Waals surface area contributed by atoms with Gasteiger partial charge in [0.05, 0.1) is 33.9 Å². The lowest BCUT2D eigenvalue weighted by Gasteiger charge is -2.49. The van der Waals surface area contributed by atoms with E-state index in [1.807, 2.05) is 30.3 Å². The van der Waals surface area contributed by atoms with E-state index in [1.165, 1.54) is 12.1 Å². The van der Waals surface area contributed by atoms with E-state index >= 15 is 0 Å². The molecule has 2 aliphatic carbocycles. The molecular formula is C31H24ClFN2O5. The fourth-order valence-electron chi connectivity index (χ4n) is 7.65. The number of imide groups is 2. The Balaban J connectivity index is 1.45. The molecule has 4 amide bonds. The molecule has 0 radical (unpaired) electrons. The Kier molecular flexibility index (Phi) is 5.29. The molecule has 0 aromatic heterocycles. The molecule has 6 unspecified atom stereocenters. The summed E-state index contributed by atoms with van der Waals surface area (Å²) in [6.45, 7) is 1.73. The van der Waals surface area contributed by atoms with Crippen LogP contribution in [-0.4, -0.2) is 28.7 Å². The maximum atomic E-state index is 14.4. The van der Waals surface area contributed by atoms with Gasteiger partial charge in [0.15, 0.2) is 0 Å². The average Bonchev–Trinajstić information content (AvgIpc) is 3.33. The first kappa shape index (κ1) is 25.0. The molecule has 7 nitrogen and oxygen atoms in total. The van der Waals surface area contributed by atoms with Gasteiger partial charge in [-0.15, -0.1) is 0 Å². The molecule has 0 spiro atoms. The quantitative estimate of drug-likeness (QED) is 0.345. The van der Waals surface area contributed by atoms with E-state index in [0.29, 0.717) is 17.4 Å². The third-order valence-corrected chi connectivity index (χ3v) is 9.81. The van der Waals surface area contributed by atoms with E-state index in [1.54, 1.807) is 19.1 Å². The zero-order valence-corrected chi connectivity index (χ0v) is 22.1. The highest BCUT2D eigenvalue weighted by molar-refractivity contribution is 6.31. The van der Waals surface area contributed by atoms with E-state index in [9.17, 15) is 28.7 Å². The van der Waals surface area contributed by atoms with Crippen molar-refractivity contribution >= 4 is 51.7 Å². The van der Waals surface area contributed by atoms with Crippen LogP contribution in [0.5, 0.6) is 5.75 Å². The van der Waals surface area contributed by atoms with Crippen molar-refractivity contribution in [3.8, 4) is 5.75 Å². The number of amides is 4. The number of phenols is 1. The molecule has 2 N–H and O–H groups in total. The van der Waals surface area contributed by atoms with Gasteiger partial charge >= 0.3 is 0 Å². The van der Waals surface area contributed by atoms with Crippen LogP contribution in [0.15, 0.2) is 66.2 Å². The van der Waals surface area contributed by atoms with E-state index in [2.05, 4.69) is 5.32 Å². The predicted molar refractivity (Wildman–Crippen MR) is 145 cm³/mol. The van der Waals surface area contributed by atoms with Crippen molar-refractivity contribution in [3.63, 3.8) is 0 Å². The van der Waals surface area contributed by atoms with Crippen molar-refractivity contribution in [2.75, 3.05) is 4.90 Å². The number of hydrogen-bond acceptors (Lipinski definition) is 5. The summed E-state index contributed by atoms with van der Waals surface area (Å²) in [5.41, 5.74) is 0.0785. The SMILES string of the molecule is CC12C(=O)N(c3ccc(F)c(Cl)c3)C(=O)C1CC1C(=CCC3C(=O)NC(=O)C31)C2c1ccc2ccccc2c1O. The van der Waals surface area contributed by atoms with Crippen LogP contribution in [0, 0.1) is 34.9 Å². The van der Waals surface area contributed by atoms with Gasteiger partial charge in [0, 0.05) is 16.9 Å². The number of fused-ring (bicyclic) bond motifs is 5. The van der Waals surface area contributed by atoms with Crippen molar-refractivity contribution in [1.29, 1.82) is 0 Å². The number of aromatic hydroxyl groups is 1. The van der Waals surface area contributed by atoms with Gasteiger partial charge in [0.25, 0.3) is 0 Å². The van der Waals surface area contributed by atoms with Crippen molar-refractivity contribution < 1.29 is 28.7 Å². The molecule has 1 saturated carbocycles. The molecular weight excluding hydrogens is 535 g/mol. The Bertz CT molecular complexity index is 1720. The van der Waals surface area contributed by atoms with Gasteiger partial charge in [-0.2, -0.15) is 0 Å². The monoisotopic (exact) mass is 558 g/mol. The molecule has 7 rings (SSSR count). The first-order valence-corrected chi connectivity index (χ1v) is 13.6. The van der Waals surface area contributed by atoms with Crippen LogP contribution in [0.4, 0.5) is 10.1 Å². The number of hydrogen-bond donors (Lipinski definition) is 2. The highest BCUT2D eigenvalue weighted by atomic mass is 35.5. The summed E-state index contributed by atoms with van der Waals surface area (Å²) in [6.07, 6.45) is 2.42. The van der Waals surface area contributed by atoms with Crippen LogP contribution in [0.3, 0.4) is 0 Å². The van der Waals surface area contributed by atoms with Crippen molar-refractivity contribution in [1.82, 2.24) is 5.32 Å². The maximum absolute atomic E-state index is 14.4. The molecule has 3 fully saturated rings. The van der Waals surface area contributed by atoms with E-state index in [4.69, 9.17) is 11.6 Å². The highest BCUT2D eigenvalue weighted by Crippen LogP contribution is 2.64. The third-order valence-electron chi connectivity index (χ3n) is 9.52. The Morgan fingerprint density at radius 3 is 2.58 bits per heavy atom. The zero-order valence-electron chi connectivity index (χ0n) is 21.4. The molecule has 2 heterocycles. The second-order valence-corrected chi connectivity index (χ2v) is 11.7. The lowest BCUT2D eigenvalue weighted by Crippen LogP contribution is -2.48. The van der Waals surface area contributed by atoms with E-state index < -0.39 is 52.6 Å². The summed E-state index contributed by atoms with van der Waals surface area (Å²) in [7, 11) is 0. The summed E-state index contributed by atoms with van der Waals surface area (Å²) in [6, 6.07) is 14.7. The summed E-state index contributed by atoms with van der Waals surface area (Å²) >= 11 is 6.02. The first-order valence-electron chi connectivity index (χ1n) is 13.2. The minimum absolute atomic E-state index is 0.00206. The maximum Gasteiger partial charge on any atom is 0.241 e. The number of halogens is 2. The van der Waals surface area contributed by atoms with E-state index in [0.717, 1.165) is 21.9 Å². The second kappa shape index (κ2) is 8.48. The van der Waals surface area contributed by atoms with Crippen LogP contribution in [0.25, 0.3) is 10.8 Å². The Morgan fingerprint density at radius 2 is 1.80 bits per heavy atom. The topological polar surface area (TPSA) is 104 Å². The van der Waals surface area contributed by atoms with Crippen molar-refractivity contribution in [3.05, 3.63) is 82.6 Å². The number of phenolic OH excluding ortho intramolecular Hbond substituents is 1. The van der Waals surface area contributed by atoms with Crippen LogP contribution >= 0.6 is 11.6 Å². The average molecular weight is 559 g/mol. The number of anilines is 1. The molecule has 3 aromatic rings. The van der Waals surface area contributed by atoms with Crippen molar-refractivity contribution in [2.45, 2.75) is 25.7 Å². The Morgan fingerprint density at radius 1 is 1.02 bits per heavy atom. The lowest BCUT2D eigenvalue weighted by atomic mass is 9.51. The fraction of sp³-hybridized carbons (Fsp3) is 0.290. The minimum Gasteiger partial charge on any atom is -0.507 e. The van der Waals surface area contributed by atoms with Gasteiger partial charge in [-0.05, 0) is 49.3 Å².